The van der Waals surface area contributed by atoms with E-state index in [4.69, 9.17) is 16.3 Å². The van der Waals surface area contributed by atoms with E-state index in [-0.39, 0.29) is 23.0 Å². The van der Waals surface area contributed by atoms with Crippen molar-refractivity contribution < 1.29 is 22.7 Å². The molecule has 174 valence electrons. The van der Waals surface area contributed by atoms with Gasteiger partial charge in [-0.3, -0.25) is 4.79 Å². The molecule has 5 rings (SSSR count). The van der Waals surface area contributed by atoms with Crippen molar-refractivity contribution in [1.29, 1.82) is 0 Å². The fraction of sp³-hybridized carbons (Fsp3) is 0.409. The van der Waals surface area contributed by atoms with E-state index in [2.05, 4.69) is 9.38 Å². The van der Waals surface area contributed by atoms with Gasteiger partial charge in [-0.25, -0.2) is 9.38 Å². The number of thioether (sulfide) groups is 1. The Labute approximate surface area is 202 Å². The van der Waals surface area contributed by atoms with E-state index in [9.17, 15) is 18.0 Å². The standard InChI is InChI=1S/C22H19ClF3N3O2S2/c1-32-10-19(30)29-11-20(12-29)16-4-2-13(6-14(16)9-31-20)17-7-21(33-28-17,22(24,25)26)15-3-5-18(23)27-8-15/h2-6,8H,7,9-12H2,1H3. The van der Waals surface area contributed by atoms with Crippen LogP contribution in [0.3, 0.4) is 0 Å². The third-order valence-electron chi connectivity index (χ3n) is 6.33. The number of halogens is 4. The van der Waals surface area contributed by atoms with Gasteiger partial charge in [-0.15, -0.1) is 0 Å². The first kappa shape index (κ1) is 23.0. The zero-order chi connectivity index (χ0) is 23.4. The summed E-state index contributed by atoms with van der Waals surface area (Å²) in [6.07, 6.45) is -1.77. The Morgan fingerprint density at radius 3 is 2.76 bits per heavy atom. The number of carbonyl (C=O) groups excluding carboxylic acids is 1. The maximum atomic E-state index is 14.2. The lowest BCUT2D eigenvalue weighted by atomic mass is 9.83. The minimum Gasteiger partial charge on any atom is -0.362 e. The average molecular weight is 514 g/mol. The second kappa shape index (κ2) is 8.18. The number of carbonyl (C=O) groups is 1. The monoisotopic (exact) mass is 513 g/mol. The van der Waals surface area contributed by atoms with Crippen molar-refractivity contribution in [2.24, 2.45) is 4.40 Å². The maximum absolute atomic E-state index is 14.2. The number of hydrogen-bond acceptors (Lipinski definition) is 6. The van der Waals surface area contributed by atoms with Gasteiger partial charge in [0, 0.05) is 12.6 Å². The Balaban J connectivity index is 1.38. The summed E-state index contributed by atoms with van der Waals surface area (Å²) in [5.74, 6) is 0.517. The summed E-state index contributed by atoms with van der Waals surface area (Å²) >= 11 is 7.78. The number of ether oxygens (including phenoxy) is 1. The van der Waals surface area contributed by atoms with Gasteiger partial charge in [0.05, 0.1) is 31.2 Å². The highest BCUT2D eigenvalue weighted by molar-refractivity contribution is 7.99. The topological polar surface area (TPSA) is 54.8 Å². The highest BCUT2D eigenvalue weighted by Gasteiger charge is 2.60. The molecule has 33 heavy (non-hydrogen) atoms. The Morgan fingerprint density at radius 1 is 1.30 bits per heavy atom. The number of amides is 1. The average Bonchev–Trinajstić information content (AvgIpc) is 3.36. The number of benzene rings is 1. The maximum Gasteiger partial charge on any atom is 0.409 e. The molecule has 0 radical (unpaired) electrons. The van der Waals surface area contributed by atoms with Crippen molar-refractivity contribution in [3.05, 3.63) is 63.9 Å². The van der Waals surface area contributed by atoms with Gasteiger partial charge < -0.3 is 9.64 Å². The first-order chi connectivity index (χ1) is 15.7. The number of rotatable bonds is 4. The van der Waals surface area contributed by atoms with Gasteiger partial charge in [0.1, 0.15) is 10.8 Å². The Morgan fingerprint density at radius 2 is 2.09 bits per heavy atom. The van der Waals surface area contributed by atoms with Crippen LogP contribution in [-0.4, -0.2) is 52.8 Å². The fourth-order valence-electron chi connectivity index (χ4n) is 4.53. The zero-order valence-corrected chi connectivity index (χ0v) is 19.9. The molecule has 3 aliphatic heterocycles. The number of aromatic nitrogens is 1. The number of alkyl halides is 3. The van der Waals surface area contributed by atoms with Gasteiger partial charge in [0.2, 0.25) is 5.91 Å². The third-order valence-corrected chi connectivity index (χ3v) is 8.32. The Hall–Kier alpha value is -1.75. The summed E-state index contributed by atoms with van der Waals surface area (Å²) in [6, 6.07) is 8.28. The molecule has 3 aliphatic rings. The first-order valence-corrected chi connectivity index (χ1v) is 12.7. The van der Waals surface area contributed by atoms with Crippen molar-refractivity contribution in [3.8, 4) is 0 Å². The van der Waals surface area contributed by atoms with Crippen LogP contribution in [0.2, 0.25) is 5.15 Å². The minimum atomic E-state index is -4.53. The van der Waals surface area contributed by atoms with E-state index in [1.165, 1.54) is 30.1 Å². The molecule has 1 unspecified atom stereocenters. The molecule has 0 N–H and O–H groups in total. The van der Waals surface area contributed by atoms with Gasteiger partial charge >= 0.3 is 6.18 Å². The van der Waals surface area contributed by atoms with Gasteiger partial charge in [0.15, 0.2) is 4.75 Å². The molecule has 0 aliphatic carbocycles. The van der Waals surface area contributed by atoms with E-state index >= 15 is 0 Å². The third kappa shape index (κ3) is 3.75. The van der Waals surface area contributed by atoms with Crippen molar-refractivity contribution in [2.75, 3.05) is 25.1 Å². The largest absolute Gasteiger partial charge is 0.409 e. The van der Waals surface area contributed by atoms with E-state index in [0.29, 0.717) is 48.7 Å². The van der Waals surface area contributed by atoms with Crippen LogP contribution >= 0.6 is 35.3 Å². The predicted octanol–water partition coefficient (Wildman–Crippen LogP) is 4.96. The molecule has 1 amide bonds. The van der Waals surface area contributed by atoms with E-state index in [1.54, 1.807) is 11.0 Å². The molecule has 2 aromatic rings. The number of pyridine rings is 1. The van der Waals surface area contributed by atoms with Gasteiger partial charge in [-0.1, -0.05) is 29.8 Å². The van der Waals surface area contributed by atoms with E-state index in [0.717, 1.165) is 11.1 Å². The van der Waals surface area contributed by atoms with Crippen LogP contribution in [0.15, 0.2) is 40.9 Å². The van der Waals surface area contributed by atoms with E-state index < -0.39 is 16.5 Å². The van der Waals surface area contributed by atoms with Crippen LogP contribution < -0.4 is 0 Å². The first-order valence-electron chi connectivity index (χ1n) is 10.2. The summed E-state index contributed by atoms with van der Waals surface area (Å²) in [5.41, 5.74) is 2.45. The second-order valence-electron chi connectivity index (χ2n) is 8.34. The molecular weight excluding hydrogens is 495 g/mol. The number of likely N-dealkylation sites (tertiary alicyclic amines) is 1. The van der Waals surface area contributed by atoms with Crippen molar-refractivity contribution in [3.63, 3.8) is 0 Å². The lowest BCUT2D eigenvalue weighted by molar-refractivity contribution is -0.166. The SMILES string of the molecule is CSCC(=O)N1CC2(C1)OCc1cc(C3=NSC(c4ccc(Cl)nc4)(C(F)(F)F)C3)ccc12. The minimum absolute atomic E-state index is 0.0241. The highest BCUT2D eigenvalue weighted by atomic mass is 35.5. The normalized spacial score (nSPS) is 23.4. The number of nitrogens with zero attached hydrogens (tertiary/aromatic N) is 3. The van der Waals surface area contributed by atoms with Crippen molar-refractivity contribution in [1.82, 2.24) is 9.88 Å². The smallest absolute Gasteiger partial charge is 0.362 e. The molecule has 0 saturated carbocycles. The molecule has 5 nitrogen and oxygen atoms in total. The summed E-state index contributed by atoms with van der Waals surface area (Å²) in [4.78, 5) is 17.7. The Kier molecular flexibility index (Phi) is 5.70. The molecule has 1 aromatic carbocycles. The number of hydrogen-bond donors (Lipinski definition) is 0. The van der Waals surface area contributed by atoms with Gasteiger partial charge in [0.25, 0.3) is 0 Å². The van der Waals surface area contributed by atoms with Gasteiger partial charge in [-0.2, -0.15) is 24.9 Å². The summed E-state index contributed by atoms with van der Waals surface area (Å²) < 4.78 is 50.7. The van der Waals surface area contributed by atoms with Crippen LogP contribution in [0.4, 0.5) is 13.2 Å². The van der Waals surface area contributed by atoms with Crippen molar-refractivity contribution in [2.45, 2.75) is 29.6 Å². The lowest BCUT2D eigenvalue weighted by Gasteiger charge is -2.47. The molecular formula is C22H19ClF3N3O2S2. The van der Waals surface area contributed by atoms with Crippen LogP contribution in [0.1, 0.15) is 28.7 Å². The van der Waals surface area contributed by atoms with Crippen LogP contribution in [0, 0.1) is 0 Å². The van der Waals surface area contributed by atoms with Crippen LogP contribution in [-0.2, 0) is 26.5 Å². The van der Waals surface area contributed by atoms with Crippen LogP contribution in [0.5, 0.6) is 0 Å². The molecule has 11 heteroatoms. The van der Waals surface area contributed by atoms with Crippen LogP contribution in [0.25, 0.3) is 0 Å². The fourth-order valence-corrected chi connectivity index (χ4v) is 6.04. The lowest BCUT2D eigenvalue weighted by Crippen LogP contribution is -2.61. The quantitative estimate of drug-likeness (QED) is 0.427. The predicted molar refractivity (Wildman–Crippen MR) is 124 cm³/mol. The van der Waals surface area contributed by atoms with Crippen molar-refractivity contribution >= 4 is 46.9 Å². The highest BCUT2D eigenvalue weighted by Crippen LogP contribution is 2.56. The molecule has 4 heterocycles. The Bertz CT molecular complexity index is 1140. The molecule has 1 aromatic heterocycles. The zero-order valence-electron chi connectivity index (χ0n) is 17.5. The van der Waals surface area contributed by atoms with E-state index in [1.807, 2.05) is 18.4 Å². The summed E-state index contributed by atoms with van der Waals surface area (Å²) in [6.45, 7) is 1.35. The molecule has 1 spiro atoms. The summed E-state index contributed by atoms with van der Waals surface area (Å²) in [7, 11) is 0. The number of fused-ring (bicyclic) bond motifs is 2. The second-order valence-corrected chi connectivity index (χ2v) is 10.7. The molecule has 0 bridgehead atoms. The summed E-state index contributed by atoms with van der Waals surface area (Å²) in [5, 5.41) is 0.137. The molecule has 1 atom stereocenters. The molecule has 1 saturated heterocycles. The molecule has 1 fully saturated rings. The van der Waals surface area contributed by atoms with Gasteiger partial charge in [-0.05, 0) is 52.6 Å².